The average Bonchev–Trinajstić information content (AvgIpc) is 2.47. The van der Waals surface area contributed by atoms with Gasteiger partial charge >= 0.3 is 0 Å². The maximum absolute atomic E-state index is 12.3. The van der Waals surface area contributed by atoms with Crippen LogP contribution in [0, 0.1) is 0 Å². The molecule has 1 amide bonds. The van der Waals surface area contributed by atoms with Crippen LogP contribution in [0.25, 0.3) is 10.9 Å². The number of nitrogen functional groups attached to an aromatic ring is 1. The van der Waals surface area contributed by atoms with E-state index in [-0.39, 0.29) is 5.91 Å². The van der Waals surface area contributed by atoms with Crippen LogP contribution in [0.3, 0.4) is 0 Å². The van der Waals surface area contributed by atoms with E-state index in [9.17, 15) is 4.79 Å². The van der Waals surface area contributed by atoms with Gasteiger partial charge < -0.3 is 11.1 Å². The fourth-order valence-electron chi connectivity index (χ4n) is 2.02. The van der Waals surface area contributed by atoms with Crippen LogP contribution < -0.4 is 11.1 Å². The molecule has 3 aromatic rings. The first-order valence-corrected chi connectivity index (χ1v) is 6.99. The molecule has 0 unspecified atom stereocenters. The van der Waals surface area contributed by atoms with Crippen LogP contribution in [0.5, 0.6) is 0 Å². The van der Waals surface area contributed by atoms with Gasteiger partial charge in [-0.05, 0) is 34.1 Å². The van der Waals surface area contributed by atoms with Crippen molar-refractivity contribution in [2.45, 2.75) is 0 Å². The van der Waals surface area contributed by atoms with E-state index in [1.54, 1.807) is 24.5 Å². The first-order valence-electron chi connectivity index (χ1n) is 6.20. The predicted molar refractivity (Wildman–Crippen MR) is 86.0 cm³/mol. The summed E-state index contributed by atoms with van der Waals surface area (Å²) in [6.07, 6.45) is 4.68. The number of benzene rings is 1. The number of nitrogens with two attached hydrogens (primary N) is 1. The molecular formula is C15H11BrN4O. The highest BCUT2D eigenvalue weighted by Gasteiger charge is 2.12. The molecule has 0 aliphatic carbocycles. The second-order valence-electron chi connectivity index (χ2n) is 4.45. The molecule has 1 aromatic carbocycles. The van der Waals surface area contributed by atoms with Crippen molar-refractivity contribution in [3.63, 3.8) is 0 Å². The lowest BCUT2D eigenvalue weighted by Crippen LogP contribution is -2.14. The number of halogens is 1. The minimum Gasteiger partial charge on any atom is -0.398 e. The van der Waals surface area contributed by atoms with Crippen molar-refractivity contribution in [1.29, 1.82) is 0 Å². The molecular weight excluding hydrogens is 332 g/mol. The molecule has 0 radical (unpaired) electrons. The van der Waals surface area contributed by atoms with Gasteiger partial charge in [0.15, 0.2) is 0 Å². The molecule has 0 aliphatic rings. The number of para-hydroxylation sites is 1. The summed E-state index contributed by atoms with van der Waals surface area (Å²) < 4.78 is 0.884. The van der Waals surface area contributed by atoms with Gasteiger partial charge in [-0.3, -0.25) is 14.8 Å². The number of anilines is 2. The monoisotopic (exact) mass is 342 g/mol. The number of rotatable bonds is 2. The molecule has 0 saturated heterocycles. The maximum Gasteiger partial charge on any atom is 0.259 e. The quantitative estimate of drug-likeness (QED) is 0.749. The molecule has 2 aromatic heterocycles. The molecule has 0 aliphatic heterocycles. The molecule has 0 fully saturated rings. The number of nitrogens with zero attached hydrogens (tertiary/aromatic N) is 2. The number of carbonyl (C=O) groups excluding carboxylic acids is 1. The molecule has 0 saturated carbocycles. The third-order valence-corrected chi connectivity index (χ3v) is 3.46. The summed E-state index contributed by atoms with van der Waals surface area (Å²) in [4.78, 5) is 20.5. The maximum atomic E-state index is 12.3. The summed E-state index contributed by atoms with van der Waals surface area (Å²) >= 11 is 3.38. The van der Waals surface area contributed by atoms with Gasteiger partial charge in [0.1, 0.15) is 0 Å². The van der Waals surface area contributed by atoms with Crippen LogP contribution in [0.2, 0.25) is 0 Å². The molecule has 104 valence electrons. The standard InChI is InChI=1S/C15H11BrN4O/c16-10-6-9-2-1-3-13(14(9)19-7-10)20-15(21)11-8-18-5-4-12(11)17/h1-8H,(H2,17,18)(H,20,21). The van der Waals surface area contributed by atoms with Crippen molar-refractivity contribution >= 4 is 44.1 Å². The Hall–Kier alpha value is -2.47. The predicted octanol–water partition coefficient (Wildman–Crippen LogP) is 3.23. The van der Waals surface area contributed by atoms with Crippen LogP contribution in [0.15, 0.2) is 53.4 Å². The summed E-state index contributed by atoms with van der Waals surface area (Å²) in [7, 11) is 0. The fraction of sp³-hybridized carbons (Fsp3) is 0. The third-order valence-electron chi connectivity index (χ3n) is 3.03. The SMILES string of the molecule is Nc1ccncc1C(=O)Nc1cccc2cc(Br)cnc12. The number of aromatic nitrogens is 2. The molecule has 5 nitrogen and oxygen atoms in total. The lowest BCUT2D eigenvalue weighted by Gasteiger charge is -2.09. The normalized spacial score (nSPS) is 10.5. The Labute approximate surface area is 129 Å². The largest absolute Gasteiger partial charge is 0.398 e. The van der Waals surface area contributed by atoms with Crippen molar-refractivity contribution in [2.24, 2.45) is 0 Å². The molecule has 6 heteroatoms. The average molecular weight is 343 g/mol. The highest BCUT2D eigenvalue weighted by atomic mass is 79.9. The topological polar surface area (TPSA) is 80.9 Å². The number of hydrogen-bond donors (Lipinski definition) is 2. The molecule has 0 bridgehead atoms. The van der Waals surface area contributed by atoms with Gasteiger partial charge in [0.05, 0.1) is 16.8 Å². The van der Waals surface area contributed by atoms with E-state index in [2.05, 4.69) is 31.2 Å². The van der Waals surface area contributed by atoms with Crippen molar-refractivity contribution in [2.75, 3.05) is 11.1 Å². The molecule has 2 heterocycles. The molecule has 0 atom stereocenters. The lowest BCUT2D eigenvalue weighted by atomic mass is 10.1. The third kappa shape index (κ3) is 2.71. The van der Waals surface area contributed by atoms with Gasteiger partial charge in [0, 0.05) is 34.1 Å². The van der Waals surface area contributed by atoms with Gasteiger partial charge in [0.25, 0.3) is 5.91 Å². The van der Waals surface area contributed by atoms with E-state index in [1.807, 2.05) is 18.2 Å². The Bertz CT molecular complexity index is 835. The highest BCUT2D eigenvalue weighted by molar-refractivity contribution is 9.10. The Balaban J connectivity index is 1.99. The van der Waals surface area contributed by atoms with Crippen molar-refractivity contribution in [3.05, 3.63) is 59.0 Å². The zero-order chi connectivity index (χ0) is 14.8. The van der Waals surface area contributed by atoms with Gasteiger partial charge in [-0.2, -0.15) is 0 Å². The van der Waals surface area contributed by atoms with Gasteiger partial charge in [-0.25, -0.2) is 0 Å². The summed E-state index contributed by atoms with van der Waals surface area (Å²) in [5.74, 6) is -0.308. The molecule has 0 spiro atoms. The summed E-state index contributed by atoms with van der Waals surface area (Å²) in [6, 6.07) is 9.12. The van der Waals surface area contributed by atoms with E-state index in [4.69, 9.17) is 5.73 Å². The van der Waals surface area contributed by atoms with E-state index in [0.29, 0.717) is 16.9 Å². The lowest BCUT2D eigenvalue weighted by molar-refractivity contribution is 0.102. The highest BCUT2D eigenvalue weighted by Crippen LogP contribution is 2.24. The van der Waals surface area contributed by atoms with E-state index >= 15 is 0 Å². The number of nitrogens with one attached hydrogen (secondary N) is 1. The zero-order valence-corrected chi connectivity index (χ0v) is 12.5. The Morgan fingerprint density at radius 1 is 1.24 bits per heavy atom. The second-order valence-corrected chi connectivity index (χ2v) is 5.36. The molecule has 21 heavy (non-hydrogen) atoms. The van der Waals surface area contributed by atoms with Crippen LogP contribution in [-0.2, 0) is 0 Å². The van der Waals surface area contributed by atoms with Gasteiger partial charge in [-0.15, -0.1) is 0 Å². The second kappa shape index (κ2) is 5.49. The van der Waals surface area contributed by atoms with Crippen LogP contribution >= 0.6 is 15.9 Å². The summed E-state index contributed by atoms with van der Waals surface area (Å²) in [6.45, 7) is 0. The minimum absolute atomic E-state index is 0.308. The number of carbonyl (C=O) groups is 1. The Kier molecular flexibility index (Phi) is 3.53. The number of fused-ring (bicyclic) bond motifs is 1. The summed E-state index contributed by atoms with van der Waals surface area (Å²) in [5, 5.41) is 3.76. The molecule has 3 rings (SSSR count). The number of pyridine rings is 2. The van der Waals surface area contributed by atoms with E-state index < -0.39 is 0 Å². The Morgan fingerprint density at radius 2 is 2.10 bits per heavy atom. The Morgan fingerprint density at radius 3 is 2.90 bits per heavy atom. The van der Waals surface area contributed by atoms with Crippen LogP contribution in [-0.4, -0.2) is 15.9 Å². The van der Waals surface area contributed by atoms with E-state index in [1.165, 1.54) is 6.20 Å². The van der Waals surface area contributed by atoms with E-state index in [0.717, 1.165) is 15.4 Å². The van der Waals surface area contributed by atoms with Crippen molar-refractivity contribution in [3.8, 4) is 0 Å². The van der Waals surface area contributed by atoms with Crippen LogP contribution in [0.1, 0.15) is 10.4 Å². The van der Waals surface area contributed by atoms with Crippen molar-refractivity contribution in [1.82, 2.24) is 9.97 Å². The smallest absolute Gasteiger partial charge is 0.259 e. The number of amides is 1. The summed E-state index contributed by atoms with van der Waals surface area (Å²) in [5.41, 5.74) is 7.86. The first kappa shape index (κ1) is 13.5. The van der Waals surface area contributed by atoms with Gasteiger partial charge in [0.2, 0.25) is 0 Å². The first-order chi connectivity index (χ1) is 10.1. The van der Waals surface area contributed by atoms with Crippen molar-refractivity contribution < 1.29 is 4.79 Å². The zero-order valence-electron chi connectivity index (χ0n) is 10.9. The minimum atomic E-state index is -0.308. The number of hydrogen-bond acceptors (Lipinski definition) is 4. The molecule has 3 N–H and O–H groups in total. The van der Waals surface area contributed by atoms with Crippen LogP contribution in [0.4, 0.5) is 11.4 Å². The fourth-order valence-corrected chi connectivity index (χ4v) is 2.37. The van der Waals surface area contributed by atoms with Gasteiger partial charge in [-0.1, -0.05) is 12.1 Å².